The van der Waals surface area contributed by atoms with Crippen molar-refractivity contribution < 1.29 is 22.9 Å². The van der Waals surface area contributed by atoms with Gasteiger partial charge in [0.15, 0.2) is 0 Å². The molecule has 0 saturated carbocycles. The molecule has 10 nitrogen and oxygen atoms in total. The molecule has 0 bridgehead atoms. The van der Waals surface area contributed by atoms with Gasteiger partial charge in [0, 0.05) is 31.8 Å². The second-order valence-corrected chi connectivity index (χ2v) is 6.79. The number of nitro benzene ring substituents is 1. The van der Waals surface area contributed by atoms with E-state index in [9.17, 15) is 23.3 Å². The number of rotatable bonds is 7. The fourth-order valence-corrected chi connectivity index (χ4v) is 3.15. The molecule has 0 aromatic heterocycles. The molecule has 12 heteroatoms. The van der Waals surface area contributed by atoms with E-state index in [0.717, 1.165) is 6.07 Å². The number of ether oxygens (including phenoxy) is 1. The summed E-state index contributed by atoms with van der Waals surface area (Å²) in [5.74, 6) is -0.274. The summed E-state index contributed by atoms with van der Waals surface area (Å²) < 4.78 is 31.6. The average molecular weight is 395 g/mol. The van der Waals surface area contributed by atoms with Crippen LogP contribution in [-0.4, -0.2) is 58.1 Å². The summed E-state index contributed by atoms with van der Waals surface area (Å²) in [4.78, 5) is 21.6. The average Bonchev–Trinajstić information content (AvgIpc) is 2.59. The largest absolute Gasteiger partial charge is 0.378 e. The first-order chi connectivity index (χ1) is 11.4. The summed E-state index contributed by atoms with van der Waals surface area (Å²) in [6.07, 6.45) is 0. The molecule has 1 saturated heterocycles. The van der Waals surface area contributed by atoms with Crippen LogP contribution in [0.1, 0.15) is 0 Å². The Morgan fingerprint density at radius 3 is 2.80 bits per heavy atom. The lowest BCUT2D eigenvalue weighted by Gasteiger charge is -2.22. The Hall–Kier alpha value is -1.79. The number of morpholine rings is 1. The Morgan fingerprint density at radius 2 is 2.16 bits per heavy atom. The summed E-state index contributed by atoms with van der Waals surface area (Å²) in [5.41, 5.74) is -0.311. The first-order valence-corrected chi connectivity index (χ1v) is 8.71. The van der Waals surface area contributed by atoms with Gasteiger partial charge in [-0.05, 0) is 6.07 Å². The Morgan fingerprint density at radius 1 is 1.40 bits per heavy atom. The van der Waals surface area contributed by atoms with Crippen molar-refractivity contribution in [2.45, 2.75) is 10.9 Å². The number of hydrogen-bond donors (Lipinski definition) is 3. The molecule has 1 fully saturated rings. The van der Waals surface area contributed by atoms with E-state index in [0.29, 0.717) is 13.2 Å². The van der Waals surface area contributed by atoms with Gasteiger partial charge in [-0.2, -0.15) is 0 Å². The summed E-state index contributed by atoms with van der Waals surface area (Å²) >= 11 is 0. The zero-order valence-electron chi connectivity index (χ0n) is 13.1. The molecule has 0 radical (unpaired) electrons. The number of amides is 1. The Bertz CT molecular complexity index is 708. The zero-order valence-corrected chi connectivity index (χ0v) is 14.8. The second-order valence-electron chi connectivity index (χ2n) is 5.02. The molecule has 25 heavy (non-hydrogen) atoms. The molecule has 1 heterocycles. The molecule has 1 aromatic rings. The highest BCUT2D eigenvalue weighted by molar-refractivity contribution is 7.89. The van der Waals surface area contributed by atoms with Crippen molar-refractivity contribution in [2.75, 3.05) is 32.8 Å². The van der Waals surface area contributed by atoms with E-state index in [1.807, 2.05) is 0 Å². The summed E-state index contributed by atoms with van der Waals surface area (Å²) in [7, 11) is -3.89. The van der Waals surface area contributed by atoms with E-state index in [-0.39, 0.29) is 48.6 Å². The van der Waals surface area contributed by atoms with Crippen LogP contribution in [0, 0.1) is 10.1 Å². The minimum absolute atomic E-state index is 0. The highest BCUT2D eigenvalue weighted by Gasteiger charge is 2.21. The summed E-state index contributed by atoms with van der Waals surface area (Å²) in [6.45, 7) is 1.45. The highest BCUT2D eigenvalue weighted by Crippen LogP contribution is 2.16. The third kappa shape index (κ3) is 6.21. The fraction of sp³-hybridized carbons (Fsp3) is 0.462. The summed E-state index contributed by atoms with van der Waals surface area (Å²) in [6, 6.07) is 4.29. The minimum atomic E-state index is -3.89. The topological polar surface area (TPSA) is 140 Å². The molecule has 1 atom stereocenters. The number of nitro groups is 1. The lowest BCUT2D eigenvalue weighted by molar-refractivity contribution is -0.385. The minimum Gasteiger partial charge on any atom is -0.378 e. The van der Waals surface area contributed by atoms with Crippen LogP contribution in [0.2, 0.25) is 0 Å². The Labute approximate surface area is 150 Å². The van der Waals surface area contributed by atoms with Crippen molar-refractivity contribution >= 4 is 34.0 Å². The molecule has 3 N–H and O–H groups in total. The SMILES string of the molecule is Cl.O=C(NCCNS(=O)(=O)c1cccc([N+](=O)[O-])c1)C1COCCN1. The van der Waals surface area contributed by atoms with Crippen molar-refractivity contribution in [3.63, 3.8) is 0 Å². The quantitative estimate of drug-likeness (QED) is 0.318. The van der Waals surface area contributed by atoms with Crippen molar-refractivity contribution in [1.82, 2.24) is 15.4 Å². The molecule has 1 amide bonds. The van der Waals surface area contributed by atoms with Gasteiger partial charge >= 0.3 is 0 Å². The lowest BCUT2D eigenvalue weighted by atomic mass is 10.2. The van der Waals surface area contributed by atoms with Crippen LogP contribution in [0.15, 0.2) is 29.2 Å². The third-order valence-electron chi connectivity index (χ3n) is 3.29. The van der Waals surface area contributed by atoms with Crippen LogP contribution in [0.25, 0.3) is 0 Å². The van der Waals surface area contributed by atoms with Gasteiger partial charge in [0.25, 0.3) is 5.69 Å². The molecule has 0 spiro atoms. The molecule has 2 rings (SSSR count). The molecule has 1 aliphatic rings. The fourth-order valence-electron chi connectivity index (χ4n) is 2.08. The highest BCUT2D eigenvalue weighted by atomic mass is 35.5. The van der Waals surface area contributed by atoms with Crippen molar-refractivity contribution in [3.05, 3.63) is 34.4 Å². The van der Waals surface area contributed by atoms with Gasteiger partial charge in [0.2, 0.25) is 15.9 Å². The van der Waals surface area contributed by atoms with Gasteiger partial charge in [0.1, 0.15) is 6.04 Å². The maximum Gasteiger partial charge on any atom is 0.270 e. The van der Waals surface area contributed by atoms with Gasteiger partial charge in [-0.1, -0.05) is 6.07 Å². The van der Waals surface area contributed by atoms with Crippen LogP contribution in [0.5, 0.6) is 0 Å². The van der Waals surface area contributed by atoms with Crippen LogP contribution in [-0.2, 0) is 19.6 Å². The van der Waals surface area contributed by atoms with E-state index in [1.54, 1.807) is 0 Å². The normalized spacial score (nSPS) is 17.4. The molecular formula is C13H19ClN4O6S. The Balaban J connectivity index is 0.00000312. The van der Waals surface area contributed by atoms with Gasteiger partial charge in [-0.15, -0.1) is 12.4 Å². The van der Waals surface area contributed by atoms with Crippen LogP contribution in [0.4, 0.5) is 5.69 Å². The predicted octanol–water partition coefficient (Wildman–Crippen LogP) is -0.600. The number of non-ortho nitro benzene ring substituents is 1. The predicted molar refractivity (Wildman–Crippen MR) is 91.2 cm³/mol. The van der Waals surface area contributed by atoms with E-state index in [2.05, 4.69) is 15.4 Å². The molecule has 140 valence electrons. The molecule has 1 unspecified atom stereocenters. The first kappa shape index (κ1) is 21.3. The summed E-state index contributed by atoms with van der Waals surface area (Å²) in [5, 5.41) is 16.3. The number of sulfonamides is 1. The standard InChI is InChI=1S/C13H18N4O6S.ClH/c18-13(12-9-23-7-6-14-12)15-4-5-16-24(21,22)11-3-1-2-10(8-11)17(19)20;/h1-3,8,12,14,16H,4-7,9H2,(H,15,18);1H. The van der Waals surface area contributed by atoms with Gasteiger partial charge in [-0.3, -0.25) is 14.9 Å². The van der Waals surface area contributed by atoms with E-state index < -0.39 is 21.0 Å². The lowest BCUT2D eigenvalue weighted by Crippen LogP contribution is -2.52. The van der Waals surface area contributed by atoms with Gasteiger partial charge in [-0.25, -0.2) is 13.1 Å². The van der Waals surface area contributed by atoms with E-state index in [4.69, 9.17) is 4.74 Å². The second kappa shape index (κ2) is 9.63. The van der Waals surface area contributed by atoms with Gasteiger partial charge in [0.05, 0.1) is 23.0 Å². The molecule has 1 aliphatic heterocycles. The molecular weight excluding hydrogens is 376 g/mol. The maximum absolute atomic E-state index is 12.1. The number of hydrogen-bond acceptors (Lipinski definition) is 7. The number of benzene rings is 1. The number of nitrogens with zero attached hydrogens (tertiary/aromatic N) is 1. The smallest absolute Gasteiger partial charge is 0.270 e. The number of halogens is 1. The number of nitrogens with one attached hydrogen (secondary N) is 3. The zero-order chi connectivity index (χ0) is 17.6. The third-order valence-corrected chi connectivity index (χ3v) is 4.75. The van der Waals surface area contributed by atoms with Crippen molar-refractivity contribution in [3.8, 4) is 0 Å². The van der Waals surface area contributed by atoms with Gasteiger partial charge < -0.3 is 15.4 Å². The monoisotopic (exact) mass is 394 g/mol. The van der Waals surface area contributed by atoms with Crippen LogP contribution >= 0.6 is 12.4 Å². The van der Waals surface area contributed by atoms with Crippen LogP contribution in [0.3, 0.4) is 0 Å². The first-order valence-electron chi connectivity index (χ1n) is 7.23. The van der Waals surface area contributed by atoms with E-state index >= 15 is 0 Å². The van der Waals surface area contributed by atoms with Crippen molar-refractivity contribution in [1.29, 1.82) is 0 Å². The van der Waals surface area contributed by atoms with Crippen molar-refractivity contribution in [2.24, 2.45) is 0 Å². The van der Waals surface area contributed by atoms with Crippen LogP contribution < -0.4 is 15.4 Å². The molecule has 0 aliphatic carbocycles. The maximum atomic E-state index is 12.1. The van der Waals surface area contributed by atoms with E-state index in [1.165, 1.54) is 18.2 Å². The number of carbonyl (C=O) groups is 1. The molecule has 1 aromatic carbocycles. The number of carbonyl (C=O) groups excluding carboxylic acids is 1. The Kier molecular flexibility index (Phi) is 8.19.